The van der Waals surface area contributed by atoms with Crippen LogP contribution in [0.3, 0.4) is 0 Å². The van der Waals surface area contributed by atoms with Crippen LogP contribution >= 0.6 is 15.9 Å². The molecule has 0 bridgehead atoms. The molecule has 27 heavy (non-hydrogen) atoms. The summed E-state index contributed by atoms with van der Waals surface area (Å²) in [5, 5.41) is 3.56. The van der Waals surface area contributed by atoms with E-state index in [4.69, 9.17) is 0 Å². The zero-order valence-electron chi connectivity index (χ0n) is 14.4. The molecule has 0 spiro atoms. The van der Waals surface area contributed by atoms with E-state index >= 15 is 0 Å². The molecule has 1 saturated heterocycles. The number of nitrogens with zero attached hydrogens (tertiary/aromatic N) is 4. The lowest BCUT2D eigenvalue weighted by Gasteiger charge is -2.32. The van der Waals surface area contributed by atoms with Gasteiger partial charge >= 0.3 is 0 Å². The van der Waals surface area contributed by atoms with Gasteiger partial charge in [0.25, 0.3) is 0 Å². The first-order valence-corrected chi connectivity index (χ1v) is 9.47. The summed E-state index contributed by atoms with van der Waals surface area (Å²) in [6, 6.07) is 8.11. The van der Waals surface area contributed by atoms with Crippen molar-refractivity contribution in [2.45, 2.75) is 12.8 Å². The highest BCUT2D eigenvalue weighted by atomic mass is 79.9. The van der Waals surface area contributed by atoms with Crippen LogP contribution in [0.2, 0.25) is 0 Å². The number of anilines is 2. The Morgan fingerprint density at radius 3 is 2.70 bits per heavy atom. The summed E-state index contributed by atoms with van der Waals surface area (Å²) in [6.45, 7) is 1.35. The fourth-order valence-electron chi connectivity index (χ4n) is 3.30. The standard InChI is InChI=1S/C19H17BrFN5O/c20-13-1-4-17(22-10-13)25-19(27)12-5-7-26(8-6-12)18-15-9-14(21)2-3-16(15)23-11-24-18/h1-4,9-12H,5-8H2,(H,22,25,27). The summed E-state index contributed by atoms with van der Waals surface area (Å²) in [4.78, 5) is 27.3. The summed E-state index contributed by atoms with van der Waals surface area (Å²) in [5.74, 6) is 0.838. The van der Waals surface area contributed by atoms with Gasteiger partial charge in [0.05, 0.1) is 5.52 Å². The van der Waals surface area contributed by atoms with Gasteiger partial charge < -0.3 is 10.2 Å². The minimum Gasteiger partial charge on any atom is -0.356 e. The Kier molecular flexibility index (Phi) is 4.98. The van der Waals surface area contributed by atoms with E-state index in [0.717, 1.165) is 4.47 Å². The van der Waals surface area contributed by atoms with E-state index in [0.29, 0.717) is 48.5 Å². The van der Waals surface area contributed by atoms with Crippen LogP contribution in [0.5, 0.6) is 0 Å². The monoisotopic (exact) mass is 429 g/mol. The largest absolute Gasteiger partial charge is 0.356 e. The minimum atomic E-state index is -0.310. The zero-order chi connectivity index (χ0) is 18.8. The molecule has 0 radical (unpaired) electrons. The average Bonchev–Trinajstić information content (AvgIpc) is 2.69. The lowest BCUT2D eigenvalue weighted by atomic mass is 9.95. The van der Waals surface area contributed by atoms with Gasteiger partial charge in [-0.3, -0.25) is 4.79 Å². The average molecular weight is 430 g/mol. The number of amides is 1. The molecule has 0 saturated carbocycles. The lowest BCUT2D eigenvalue weighted by Crippen LogP contribution is -2.38. The highest BCUT2D eigenvalue weighted by Crippen LogP contribution is 2.28. The number of benzene rings is 1. The molecule has 138 valence electrons. The van der Waals surface area contributed by atoms with Crippen LogP contribution in [0, 0.1) is 11.7 Å². The van der Waals surface area contributed by atoms with Crippen molar-refractivity contribution in [3.8, 4) is 0 Å². The molecule has 3 aromatic rings. The molecule has 0 aliphatic carbocycles. The van der Waals surface area contributed by atoms with Gasteiger partial charge in [0.15, 0.2) is 0 Å². The number of hydrogen-bond acceptors (Lipinski definition) is 5. The van der Waals surface area contributed by atoms with Crippen molar-refractivity contribution in [2.75, 3.05) is 23.3 Å². The number of aromatic nitrogens is 3. The summed E-state index contributed by atoms with van der Waals surface area (Å²) >= 11 is 3.32. The number of fused-ring (bicyclic) bond motifs is 1. The summed E-state index contributed by atoms with van der Waals surface area (Å²) in [7, 11) is 0. The first-order chi connectivity index (χ1) is 13.1. The maximum atomic E-state index is 13.6. The van der Waals surface area contributed by atoms with Crippen molar-refractivity contribution in [2.24, 2.45) is 5.92 Å². The van der Waals surface area contributed by atoms with Gasteiger partial charge in [0.2, 0.25) is 5.91 Å². The Labute approximate surface area is 164 Å². The normalized spacial score (nSPS) is 15.1. The fourth-order valence-corrected chi connectivity index (χ4v) is 3.53. The van der Waals surface area contributed by atoms with Crippen LogP contribution < -0.4 is 10.2 Å². The van der Waals surface area contributed by atoms with Crippen LogP contribution in [0.4, 0.5) is 16.0 Å². The minimum absolute atomic E-state index is 0.0249. The topological polar surface area (TPSA) is 71.0 Å². The number of rotatable bonds is 3. The third kappa shape index (κ3) is 3.90. The molecule has 1 N–H and O–H groups in total. The van der Waals surface area contributed by atoms with Gasteiger partial charge in [-0.15, -0.1) is 0 Å². The Morgan fingerprint density at radius 2 is 1.96 bits per heavy atom. The molecule has 1 aliphatic rings. The van der Waals surface area contributed by atoms with Crippen molar-refractivity contribution in [1.82, 2.24) is 15.0 Å². The molecule has 3 heterocycles. The molecule has 1 fully saturated rings. The second-order valence-corrected chi connectivity index (χ2v) is 7.39. The molecular weight excluding hydrogens is 413 g/mol. The van der Waals surface area contributed by atoms with Crippen LogP contribution in [-0.4, -0.2) is 33.9 Å². The second kappa shape index (κ2) is 7.56. The van der Waals surface area contributed by atoms with E-state index in [1.54, 1.807) is 18.3 Å². The van der Waals surface area contributed by atoms with Crippen molar-refractivity contribution in [3.63, 3.8) is 0 Å². The van der Waals surface area contributed by atoms with Gasteiger partial charge in [-0.05, 0) is 59.1 Å². The predicted molar refractivity (Wildman–Crippen MR) is 105 cm³/mol. The fraction of sp³-hybridized carbons (Fsp3) is 0.263. The number of nitrogens with one attached hydrogen (secondary N) is 1. The van der Waals surface area contributed by atoms with E-state index in [2.05, 4.69) is 41.1 Å². The van der Waals surface area contributed by atoms with Gasteiger partial charge in [-0.1, -0.05) is 0 Å². The molecule has 1 aliphatic heterocycles. The van der Waals surface area contributed by atoms with Crippen LogP contribution in [-0.2, 0) is 4.79 Å². The van der Waals surface area contributed by atoms with E-state index in [1.807, 2.05) is 6.07 Å². The van der Waals surface area contributed by atoms with E-state index in [1.165, 1.54) is 18.5 Å². The highest BCUT2D eigenvalue weighted by molar-refractivity contribution is 9.10. The van der Waals surface area contributed by atoms with E-state index in [9.17, 15) is 9.18 Å². The van der Waals surface area contributed by atoms with Crippen molar-refractivity contribution in [1.29, 1.82) is 0 Å². The van der Waals surface area contributed by atoms with E-state index in [-0.39, 0.29) is 17.6 Å². The third-order valence-corrected chi connectivity index (χ3v) is 5.19. The molecule has 0 unspecified atom stereocenters. The molecule has 4 rings (SSSR count). The molecule has 1 aromatic carbocycles. The Morgan fingerprint density at radius 1 is 1.15 bits per heavy atom. The van der Waals surface area contributed by atoms with Gasteiger partial charge in [-0.2, -0.15) is 0 Å². The van der Waals surface area contributed by atoms with Gasteiger partial charge in [0.1, 0.15) is 23.8 Å². The van der Waals surface area contributed by atoms with Crippen molar-refractivity contribution < 1.29 is 9.18 Å². The highest BCUT2D eigenvalue weighted by Gasteiger charge is 2.26. The number of pyridine rings is 1. The molecule has 6 nitrogen and oxygen atoms in total. The molecule has 8 heteroatoms. The molecule has 2 aromatic heterocycles. The summed E-state index contributed by atoms with van der Waals surface area (Å²) < 4.78 is 14.5. The Bertz CT molecular complexity index is 974. The van der Waals surface area contributed by atoms with Crippen molar-refractivity contribution in [3.05, 3.63) is 53.1 Å². The first-order valence-electron chi connectivity index (χ1n) is 8.68. The number of hydrogen-bond donors (Lipinski definition) is 1. The van der Waals surface area contributed by atoms with E-state index < -0.39 is 0 Å². The third-order valence-electron chi connectivity index (χ3n) is 4.72. The van der Waals surface area contributed by atoms with Gasteiger partial charge in [-0.25, -0.2) is 19.3 Å². The number of carbonyl (C=O) groups is 1. The Balaban J connectivity index is 1.44. The van der Waals surface area contributed by atoms with Crippen LogP contribution in [0.1, 0.15) is 12.8 Å². The number of halogens is 2. The Hall–Kier alpha value is -2.61. The first kappa shape index (κ1) is 17.8. The van der Waals surface area contributed by atoms with Gasteiger partial charge in [0, 0.05) is 35.1 Å². The SMILES string of the molecule is O=C(Nc1ccc(Br)cn1)C1CCN(c2ncnc3ccc(F)cc23)CC1. The molecule has 0 atom stereocenters. The molecular formula is C19H17BrFN5O. The lowest BCUT2D eigenvalue weighted by molar-refractivity contribution is -0.120. The zero-order valence-corrected chi connectivity index (χ0v) is 16.0. The summed E-state index contributed by atoms with van der Waals surface area (Å²) in [6.07, 6.45) is 4.54. The van der Waals surface area contributed by atoms with Crippen LogP contribution in [0.15, 0.2) is 47.3 Å². The number of piperidine rings is 1. The maximum Gasteiger partial charge on any atom is 0.228 e. The predicted octanol–water partition coefficient (Wildman–Crippen LogP) is 3.78. The second-order valence-electron chi connectivity index (χ2n) is 6.47. The smallest absolute Gasteiger partial charge is 0.228 e. The molecule has 1 amide bonds. The number of carbonyl (C=O) groups excluding carboxylic acids is 1. The quantitative estimate of drug-likeness (QED) is 0.685. The van der Waals surface area contributed by atoms with Crippen LogP contribution in [0.25, 0.3) is 10.9 Å². The maximum absolute atomic E-state index is 13.6. The summed E-state index contributed by atoms with van der Waals surface area (Å²) in [5.41, 5.74) is 0.711. The van der Waals surface area contributed by atoms with Crippen molar-refractivity contribution >= 4 is 44.4 Å².